The number of hydrogen-bond donors (Lipinski definition) is 1. The Labute approximate surface area is 228 Å². The molecule has 0 radical (unpaired) electrons. The zero-order chi connectivity index (χ0) is 26.7. The molecule has 14 heteroatoms. The summed E-state index contributed by atoms with van der Waals surface area (Å²) in [7, 11) is -3.01. The Bertz CT molecular complexity index is 1580. The van der Waals surface area contributed by atoms with Crippen LogP contribution in [0.5, 0.6) is 11.5 Å². The Kier molecular flexibility index (Phi) is 7.87. The van der Waals surface area contributed by atoms with Gasteiger partial charge in [0, 0.05) is 17.2 Å². The molecular weight excluding hydrogens is 610 g/mol. The van der Waals surface area contributed by atoms with Gasteiger partial charge in [0.2, 0.25) is 0 Å². The topological polar surface area (TPSA) is 137 Å². The van der Waals surface area contributed by atoms with Gasteiger partial charge in [0.25, 0.3) is 11.6 Å². The average molecular weight is 625 g/mol. The summed E-state index contributed by atoms with van der Waals surface area (Å²) < 4.78 is 36.3. The highest BCUT2D eigenvalue weighted by Crippen LogP contribution is 2.40. The first-order chi connectivity index (χ1) is 17.6. The van der Waals surface area contributed by atoms with Gasteiger partial charge in [-0.3, -0.25) is 14.9 Å². The van der Waals surface area contributed by atoms with Gasteiger partial charge >= 0.3 is 10.1 Å². The highest BCUT2D eigenvalue weighted by Gasteiger charge is 2.26. The number of aliphatic imine (C=N–C) groups is 1. The van der Waals surface area contributed by atoms with E-state index in [1.54, 1.807) is 36.4 Å². The molecule has 0 aromatic heterocycles. The lowest BCUT2D eigenvalue weighted by Crippen LogP contribution is -2.19. The van der Waals surface area contributed by atoms with Crippen molar-refractivity contribution in [3.8, 4) is 11.5 Å². The molecule has 1 fully saturated rings. The Morgan fingerprint density at radius 2 is 1.89 bits per heavy atom. The van der Waals surface area contributed by atoms with Gasteiger partial charge in [-0.2, -0.15) is 8.42 Å². The summed E-state index contributed by atoms with van der Waals surface area (Å²) in [6, 6.07) is 14.2. The molecule has 190 valence electrons. The van der Waals surface area contributed by atoms with Crippen molar-refractivity contribution in [1.82, 2.24) is 5.32 Å². The molecule has 1 N–H and O–H groups in total. The Balaban J connectivity index is 1.59. The molecule has 1 heterocycles. The minimum atomic E-state index is -4.34. The molecule has 0 bridgehead atoms. The standard InChI is InChI=1S/C23H15BrClN3O7S2/c1-34-19-10-13(11-20-22(29)27-23(36-20)26-15-4-2-3-14(25)12-15)9-18(24)21(19)35-37(32,33)17-7-5-16(6-8-17)28(30)31/h2-12H,1H3,(H,26,27,29)/b20-11+. The van der Waals surface area contributed by atoms with Crippen molar-refractivity contribution in [3.05, 3.63) is 90.7 Å². The van der Waals surface area contributed by atoms with Gasteiger partial charge in [-0.05, 0) is 81.8 Å². The van der Waals surface area contributed by atoms with Crippen LogP contribution < -0.4 is 14.2 Å². The number of amides is 1. The number of non-ortho nitro benzene ring substituents is 1. The molecule has 0 atom stereocenters. The maximum absolute atomic E-state index is 12.8. The molecule has 0 saturated carbocycles. The quantitative estimate of drug-likeness (QED) is 0.153. The summed E-state index contributed by atoms with van der Waals surface area (Å²) >= 11 is 10.4. The van der Waals surface area contributed by atoms with E-state index in [0.717, 1.165) is 36.0 Å². The van der Waals surface area contributed by atoms with Gasteiger partial charge in [0.05, 0.1) is 27.1 Å². The predicted molar refractivity (Wildman–Crippen MR) is 144 cm³/mol. The molecule has 4 rings (SSSR count). The van der Waals surface area contributed by atoms with Crippen LogP contribution in [-0.2, 0) is 14.9 Å². The number of nitrogens with zero attached hydrogens (tertiary/aromatic N) is 2. The van der Waals surface area contributed by atoms with E-state index in [4.69, 9.17) is 20.5 Å². The summed E-state index contributed by atoms with van der Waals surface area (Å²) in [5, 5.41) is 14.4. The minimum absolute atomic E-state index is 0.0722. The largest absolute Gasteiger partial charge is 0.493 e. The van der Waals surface area contributed by atoms with Crippen LogP contribution in [0.4, 0.5) is 11.4 Å². The van der Waals surface area contributed by atoms with Crippen molar-refractivity contribution in [1.29, 1.82) is 0 Å². The fourth-order valence-electron chi connectivity index (χ4n) is 3.09. The van der Waals surface area contributed by atoms with Gasteiger partial charge in [-0.1, -0.05) is 17.7 Å². The zero-order valence-corrected chi connectivity index (χ0v) is 22.7. The number of carbonyl (C=O) groups excluding carboxylic acids is 1. The predicted octanol–water partition coefficient (Wildman–Crippen LogP) is 5.68. The van der Waals surface area contributed by atoms with Crippen LogP contribution in [-0.4, -0.2) is 31.5 Å². The van der Waals surface area contributed by atoms with Crippen molar-refractivity contribution in [2.45, 2.75) is 4.90 Å². The molecule has 0 spiro atoms. The number of ether oxygens (including phenoxy) is 1. The van der Waals surface area contributed by atoms with E-state index in [0.29, 0.717) is 26.3 Å². The number of thioether (sulfide) groups is 1. The van der Waals surface area contributed by atoms with Crippen LogP contribution in [0.25, 0.3) is 6.08 Å². The third-order valence-electron chi connectivity index (χ3n) is 4.77. The summed E-state index contributed by atoms with van der Waals surface area (Å²) in [6.45, 7) is 0. The number of rotatable bonds is 7. The van der Waals surface area contributed by atoms with Crippen LogP contribution in [0.2, 0.25) is 5.02 Å². The van der Waals surface area contributed by atoms with Crippen molar-refractivity contribution in [3.63, 3.8) is 0 Å². The van der Waals surface area contributed by atoms with E-state index in [9.17, 15) is 23.3 Å². The van der Waals surface area contributed by atoms with E-state index in [2.05, 4.69) is 26.2 Å². The Morgan fingerprint density at radius 3 is 2.54 bits per heavy atom. The lowest BCUT2D eigenvalue weighted by molar-refractivity contribution is -0.384. The fraction of sp³-hybridized carbons (Fsp3) is 0.0435. The average Bonchev–Trinajstić information content (AvgIpc) is 3.18. The maximum Gasteiger partial charge on any atom is 0.339 e. The second kappa shape index (κ2) is 10.9. The summed E-state index contributed by atoms with van der Waals surface area (Å²) in [5.41, 5.74) is 0.840. The normalized spacial score (nSPS) is 15.6. The molecular formula is C23H15BrClN3O7S2. The number of benzene rings is 3. The van der Waals surface area contributed by atoms with Gasteiger partial charge in [-0.25, -0.2) is 4.99 Å². The first-order valence-electron chi connectivity index (χ1n) is 10.2. The third-order valence-corrected chi connectivity index (χ3v) is 7.74. The highest BCUT2D eigenvalue weighted by atomic mass is 79.9. The van der Waals surface area contributed by atoms with Crippen molar-refractivity contribution in [2.24, 2.45) is 4.99 Å². The minimum Gasteiger partial charge on any atom is -0.493 e. The molecule has 1 aliphatic heterocycles. The number of carbonyl (C=O) groups is 1. The molecule has 1 saturated heterocycles. The highest BCUT2D eigenvalue weighted by molar-refractivity contribution is 9.10. The summed E-state index contributed by atoms with van der Waals surface area (Å²) in [6.07, 6.45) is 1.59. The van der Waals surface area contributed by atoms with Crippen LogP contribution in [0, 0.1) is 10.1 Å². The van der Waals surface area contributed by atoms with Gasteiger partial charge in [0.1, 0.15) is 4.90 Å². The van der Waals surface area contributed by atoms with E-state index in [1.165, 1.54) is 13.2 Å². The first kappa shape index (κ1) is 26.7. The molecule has 37 heavy (non-hydrogen) atoms. The van der Waals surface area contributed by atoms with Crippen molar-refractivity contribution in [2.75, 3.05) is 7.11 Å². The van der Waals surface area contributed by atoms with E-state index in [1.807, 2.05) is 0 Å². The van der Waals surface area contributed by atoms with Gasteiger partial charge < -0.3 is 14.2 Å². The van der Waals surface area contributed by atoms with Crippen LogP contribution >= 0.6 is 39.3 Å². The second-order valence-electron chi connectivity index (χ2n) is 7.28. The van der Waals surface area contributed by atoms with E-state index >= 15 is 0 Å². The molecule has 0 aliphatic carbocycles. The first-order valence-corrected chi connectivity index (χ1v) is 13.6. The zero-order valence-electron chi connectivity index (χ0n) is 18.7. The van der Waals surface area contributed by atoms with Gasteiger partial charge in [0.15, 0.2) is 16.7 Å². The van der Waals surface area contributed by atoms with Crippen LogP contribution in [0.15, 0.2) is 79.9 Å². The Morgan fingerprint density at radius 1 is 1.16 bits per heavy atom. The number of methoxy groups -OCH3 is 1. The van der Waals surface area contributed by atoms with Crippen LogP contribution in [0.1, 0.15) is 5.56 Å². The SMILES string of the molecule is COc1cc(/C=C2/SC(=Nc3cccc(Cl)c3)NC2=O)cc(Br)c1OS(=O)(=O)c1ccc([N+](=O)[O-])cc1. The van der Waals surface area contributed by atoms with Crippen LogP contribution in [0.3, 0.4) is 0 Å². The number of halogens is 2. The smallest absolute Gasteiger partial charge is 0.339 e. The molecule has 10 nitrogen and oxygen atoms in total. The third kappa shape index (κ3) is 6.31. The molecule has 1 amide bonds. The molecule has 3 aromatic carbocycles. The van der Waals surface area contributed by atoms with Crippen molar-refractivity contribution < 1.29 is 27.1 Å². The fourth-order valence-corrected chi connectivity index (χ4v) is 5.72. The number of hydrogen-bond acceptors (Lipinski definition) is 9. The summed E-state index contributed by atoms with van der Waals surface area (Å²) in [4.78, 5) is 27.1. The Hall–Kier alpha value is -3.39. The number of nitro groups is 1. The molecule has 3 aromatic rings. The van der Waals surface area contributed by atoms with Crippen molar-refractivity contribution >= 4 is 77.9 Å². The van der Waals surface area contributed by atoms with E-state index < -0.39 is 15.0 Å². The monoisotopic (exact) mass is 623 g/mol. The number of nitro benzene ring substituents is 1. The van der Waals surface area contributed by atoms with Gasteiger partial charge in [-0.15, -0.1) is 0 Å². The summed E-state index contributed by atoms with van der Waals surface area (Å²) in [5.74, 6) is -0.417. The molecule has 0 unspecified atom stereocenters. The second-order valence-corrected chi connectivity index (χ2v) is 11.2. The lowest BCUT2D eigenvalue weighted by atomic mass is 10.2. The van der Waals surface area contributed by atoms with E-state index in [-0.39, 0.29) is 32.5 Å². The number of amidine groups is 1. The maximum atomic E-state index is 12.8. The number of nitrogens with one attached hydrogen (secondary N) is 1. The lowest BCUT2D eigenvalue weighted by Gasteiger charge is -2.13. The molecule has 1 aliphatic rings.